The molecule has 98 valence electrons. The summed E-state index contributed by atoms with van der Waals surface area (Å²) >= 11 is 1.64. The zero-order valence-electron chi connectivity index (χ0n) is 11.4. The van der Waals surface area contributed by atoms with Gasteiger partial charge in [-0.15, -0.1) is 11.3 Å². The minimum absolute atomic E-state index is 0.296. The van der Waals surface area contributed by atoms with Crippen molar-refractivity contribution in [2.24, 2.45) is 5.73 Å². The number of furan rings is 1. The van der Waals surface area contributed by atoms with Crippen molar-refractivity contribution in [2.45, 2.75) is 46.1 Å². The fraction of sp³-hybridized carbons (Fsp3) is 0.500. The molecule has 0 fully saturated rings. The van der Waals surface area contributed by atoms with Crippen molar-refractivity contribution in [1.82, 2.24) is 4.98 Å². The van der Waals surface area contributed by atoms with E-state index in [-0.39, 0.29) is 5.54 Å². The van der Waals surface area contributed by atoms with Gasteiger partial charge >= 0.3 is 0 Å². The quantitative estimate of drug-likeness (QED) is 0.908. The topological polar surface area (TPSA) is 52.0 Å². The molecule has 4 heteroatoms. The largest absolute Gasteiger partial charge is 0.466 e. The van der Waals surface area contributed by atoms with Crippen LogP contribution in [0.2, 0.25) is 0 Å². The first-order valence-electron chi connectivity index (χ1n) is 6.32. The summed E-state index contributed by atoms with van der Waals surface area (Å²) in [6.45, 7) is 8.14. The molecule has 0 aromatic carbocycles. The predicted octanol–water partition coefficient (Wildman–Crippen LogP) is 3.99. The van der Waals surface area contributed by atoms with Gasteiger partial charge in [-0.3, -0.25) is 0 Å². The molecule has 0 aliphatic rings. The van der Waals surface area contributed by atoms with Gasteiger partial charge in [0.05, 0.1) is 11.2 Å². The van der Waals surface area contributed by atoms with Gasteiger partial charge in [0, 0.05) is 10.9 Å². The Morgan fingerprint density at radius 2 is 2.00 bits per heavy atom. The lowest BCUT2D eigenvalue weighted by atomic mass is 9.95. The third-order valence-electron chi connectivity index (χ3n) is 3.51. The van der Waals surface area contributed by atoms with E-state index in [1.165, 1.54) is 0 Å². The van der Waals surface area contributed by atoms with E-state index in [4.69, 9.17) is 15.1 Å². The third kappa shape index (κ3) is 2.22. The number of hydrogen-bond acceptors (Lipinski definition) is 4. The van der Waals surface area contributed by atoms with E-state index >= 15 is 0 Å². The van der Waals surface area contributed by atoms with Crippen molar-refractivity contribution < 1.29 is 4.42 Å². The van der Waals surface area contributed by atoms with Gasteiger partial charge in [0.1, 0.15) is 16.5 Å². The summed E-state index contributed by atoms with van der Waals surface area (Å²) in [5, 5.41) is 3.08. The Labute approximate surface area is 112 Å². The van der Waals surface area contributed by atoms with Crippen LogP contribution >= 0.6 is 11.3 Å². The molecule has 2 N–H and O–H groups in total. The van der Waals surface area contributed by atoms with Crippen LogP contribution in [0, 0.1) is 13.8 Å². The molecule has 18 heavy (non-hydrogen) atoms. The Balaban J connectivity index is 2.39. The highest BCUT2D eigenvalue weighted by atomic mass is 32.1. The van der Waals surface area contributed by atoms with Gasteiger partial charge in [0.2, 0.25) is 0 Å². The highest BCUT2D eigenvalue weighted by Crippen LogP contribution is 2.33. The molecule has 0 aliphatic carbocycles. The lowest BCUT2D eigenvalue weighted by Crippen LogP contribution is -2.34. The summed E-state index contributed by atoms with van der Waals surface area (Å²) in [6, 6.07) is 2.03. The Hall–Kier alpha value is -1.13. The Kier molecular flexibility index (Phi) is 3.59. The molecule has 2 aromatic rings. The third-order valence-corrected chi connectivity index (χ3v) is 4.57. The number of nitrogens with zero attached hydrogens (tertiary/aromatic N) is 1. The number of hydrogen-bond donors (Lipinski definition) is 1. The first kappa shape index (κ1) is 13.3. The molecule has 0 aliphatic heterocycles. The Morgan fingerprint density at radius 3 is 2.50 bits per heavy atom. The van der Waals surface area contributed by atoms with Crippen molar-refractivity contribution in [1.29, 1.82) is 0 Å². The summed E-state index contributed by atoms with van der Waals surface area (Å²) < 4.78 is 5.55. The smallest absolute Gasteiger partial charge is 0.113 e. The second kappa shape index (κ2) is 4.86. The van der Waals surface area contributed by atoms with Crippen LogP contribution < -0.4 is 5.73 Å². The van der Waals surface area contributed by atoms with Gasteiger partial charge in [-0.25, -0.2) is 4.98 Å². The van der Waals surface area contributed by atoms with Gasteiger partial charge in [-0.05, 0) is 32.8 Å². The van der Waals surface area contributed by atoms with E-state index < -0.39 is 0 Å². The van der Waals surface area contributed by atoms with Crippen LogP contribution in [-0.2, 0) is 5.54 Å². The number of aryl methyl sites for hydroxylation is 2. The number of rotatable bonds is 4. The first-order valence-corrected chi connectivity index (χ1v) is 7.20. The molecule has 0 unspecified atom stereocenters. The highest BCUT2D eigenvalue weighted by molar-refractivity contribution is 7.10. The van der Waals surface area contributed by atoms with Crippen molar-refractivity contribution in [2.75, 3.05) is 0 Å². The van der Waals surface area contributed by atoms with Gasteiger partial charge in [-0.2, -0.15) is 0 Å². The average Bonchev–Trinajstić information content (AvgIpc) is 2.95. The fourth-order valence-corrected chi connectivity index (χ4v) is 3.14. The lowest BCUT2D eigenvalue weighted by Gasteiger charge is -2.23. The van der Waals surface area contributed by atoms with Crippen LogP contribution in [0.4, 0.5) is 0 Å². The molecule has 0 bridgehead atoms. The summed E-state index contributed by atoms with van der Waals surface area (Å²) in [5.74, 6) is 1.84. The molecule has 0 atom stereocenters. The van der Waals surface area contributed by atoms with E-state index in [0.29, 0.717) is 0 Å². The maximum Gasteiger partial charge on any atom is 0.113 e. The number of nitrogens with two attached hydrogens (primary N) is 1. The van der Waals surface area contributed by atoms with Crippen LogP contribution in [0.25, 0.3) is 11.3 Å². The molecule has 0 amide bonds. The van der Waals surface area contributed by atoms with Gasteiger partial charge in [-0.1, -0.05) is 13.8 Å². The Morgan fingerprint density at radius 1 is 1.33 bits per heavy atom. The maximum absolute atomic E-state index is 6.38. The zero-order valence-corrected chi connectivity index (χ0v) is 12.2. The summed E-state index contributed by atoms with van der Waals surface area (Å²) in [4.78, 5) is 4.70. The van der Waals surface area contributed by atoms with Crippen molar-refractivity contribution >= 4 is 11.3 Å². The van der Waals surface area contributed by atoms with Gasteiger partial charge in [0.15, 0.2) is 0 Å². The first-order chi connectivity index (χ1) is 8.50. The molecule has 0 radical (unpaired) electrons. The maximum atomic E-state index is 6.38. The number of thiazole rings is 1. The highest BCUT2D eigenvalue weighted by Gasteiger charge is 2.27. The van der Waals surface area contributed by atoms with Crippen LogP contribution in [0.5, 0.6) is 0 Å². The van der Waals surface area contributed by atoms with Crippen LogP contribution in [0.15, 0.2) is 15.9 Å². The monoisotopic (exact) mass is 264 g/mol. The predicted molar refractivity (Wildman–Crippen MR) is 75.7 cm³/mol. The Bertz CT molecular complexity index is 538. The van der Waals surface area contributed by atoms with Crippen LogP contribution in [-0.4, -0.2) is 4.98 Å². The number of aromatic nitrogens is 1. The standard InChI is InChI=1S/C14H20N2OS/c1-5-14(15,6-2)13-16-12(8-18-13)11-7-9(3)17-10(11)4/h7-8H,5-6,15H2,1-4H3. The second-order valence-electron chi connectivity index (χ2n) is 4.73. The van der Waals surface area contributed by atoms with E-state index in [1.54, 1.807) is 11.3 Å². The van der Waals surface area contributed by atoms with E-state index in [0.717, 1.165) is 40.6 Å². The summed E-state index contributed by atoms with van der Waals surface area (Å²) in [5.41, 5.74) is 8.13. The molecule has 0 saturated carbocycles. The summed E-state index contributed by atoms with van der Waals surface area (Å²) in [6.07, 6.45) is 1.81. The van der Waals surface area contributed by atoms with E-state index in [9.17, 15) is 0 Å². The fourth-order valence-electron chi connectivity index (χ4n) is 2.06. The summed E-state index contributed by atoms with van der Waals surface area (Å²) in [7, 11) is 0. The van der Waals surface area contributed by atoms with Gasteiger partial charge in [0.25, 0.3) is 0 Å². The normalized spacial score (nSPS) is 12.1. The molecule has 0 spiro atoms. The SMILES string of the molecule is CCC(N)(CC)c1nc(-c2cc(C)oc2C)cs1. The molecular weight excluding hydrogens is 244 g/mol. The minimum atomic E-state index is -0.296. The van der Waals surface area contributed by atoms with E-state index in [1.807, 2.05) is 19.9 Å². The molecular formula is C14H20N2OS. The molecule has 2 aromatic heterocycles. The van der Waals surface area contributed by atoms with Crippen molar-refractivity contribution in [3.05, 3.63) is 28.0 Å². The van der Waals surface area contributed by atoms with Crippen LogP contribution in [0.1, 0.15) is 43.2 Å². The van der Waals surface area contributed by atoms with Crippen LogP contribution in [0.3, 0.4) is 0 Å². The molecule has 2 rings (SSSR count). The lowest BCUT2D eigenvalue weighted by molar-refractivity contribution is 0.411. The van der Waals surface area contributed by atoms with E-state index in [2.05, 4.69) is 19.2 Å². The van der Waals surface area contributed by atoms with Crippen molar-refractivity contribution in [3.8, 4) is 11.3 Å². The molecule has 3 nitrogen and oxygen atoms in total. The zero-order chi connectivity index (χ0) is 13.3. The van der Waals surface area contributed by atoms with Gasteiger partial charge < -0.3 is 10.2 Å². The second-order valence-corrected chi connectivity index (χ2v) is 5.59. The molecule has 2 heterocycles. The molecule has 0 saturated heterocycles. The minimum Gasteiger partial charge on any atom is -0.466 e. The average molecular weight is 264 g/mol. The van der Waals surface area contributed by atoms with Crippen molar-refractivity contribution in [3.63, 3.8) is 0 Å².